The molecule has 0 unspecified atom stereocenters. The van der Waals surface area contributed by atoms with Gasteiger partial charge in [0.1, 0.15) is 29.1 Å². The third kappa shape index (κ3) is 3.10. The molecular formula is C17H15Cl2N5. The van der Waals surface area contributed by atoms with Gasteiger partial charge < -0.3 is 10.6 Å². The molecule has 5 nitrogen and oxygen atoms in total. The zero-order chi connectivity index (χ0) is 17.9. The van der Waals surface area contributed by atoms with Gasteiger partial charge in [0.2, 0.25) is 0 Å². The van der Waals surface area contributed by atoms with Gasteiger partial charge in [0.15, 0.2) is 0 Å². The molecule has 0 saturated heterocycles. The van der Waals surface area contributed by atoms with Gasteiger partial charge in [-0.1, -0.05) is 29.3 Å². The number of anilines is 2. The molecule has 122 valence electrons. The van der Waals surface area contributed by atoms with Crippen molar-refractivity contribution in [3.63, 3.8) is 0 Å². The number of nitrogens with zero attached hydrogens (tertiary/aromatic N) is 4. The Morgan fingerprint density at radius 1 is 1.08 bits per heavy atom. The average molecular weight is 360 g/mol. The van der Waals surface area contributed by atoms with E-state index in [-0.39, 0.29) is 16.8 Å². The quantitative estimate of drug-likeness (QED) is 0.881. The first-order chi connectivity index (χ1) is 11.5. The number of nitrogen functional groups attached to an aromatic ring is 1. The van der Waals surface area contributed by atoms with Crippen molar-refractivity contribution in [3.05, 3.63) is 39.4 Å². The number of rotatable bonds is 4. The molecule has 24 heavy (non-hydrogen) atoms. The molecule has 1 heterocycles. The van der Waals surface area contributed by atoms with E-state index in [1.165, 1.54) is 0 Å². The molecule has 2 rings (SSSR count). The standard InChI is InChI=1S/C17H15Cl2N5/c1-3-24(4-2)17-12(9-21)15(22)11(8-20)16(23-17)10-5-6-13(18)14(19)7-10/h5-7H,3-4H2,1-2H3,(H2,22,23). The summed E-state index contributed by atoms with van der Waals surface area (Å²) in [4.78, 5) is 6.47. The minimum absolute atomic E-state index is 0.123. The van der Waals surface area contributed by atoms with Crippen LogP contribution in [-0.2, 0) is 0 Å². The largest absolute Gasteiger partial charge is 0.396 e. The predicted molar refractivity (Wildman–Crippen MR) is 97.1 cm³/mol. The first kappa shape index (κ1) is 17.9. The number of halogens is 2. The first-order valence-electron chi connectivity index (χ1n) is 7.32. The molecule has 0 aliphatic heterocycles. The normalized spacial score (nSPS) is 10.1. The second-order valence-electron chi connectivity index (χ2n) is 4.97. The van der Waals surface area contributed by atoms with Crippen LogP contribution in [0.4, 0.5) is 11.5 Å². The Morgan fingerprint density at radius 2 is 1.71 bits per heavy atom. The van der Waals surface area contributed by atoms with Crippen LogP contribution in [0.15, 0.2) is 18.2 Å². The fraction of sp³-hybridized carbons (Fsp3) is 0.235. The van der Waals surface area contributed by atoms with E-state index in [4.69, 9.17) is 28.9 Å². The molecule has 2 aromatic rings. The van der Waals surface area contributed by atoms with Crippen molar-refractivity contribution in [3.8, 4) is 23.4 Å². The van der Waals surface area contributed by atoms with Crippen LogP contribution >= 0.6 is 23.2 Å². The fourth-order valence-electron chi connectivity index (χ4n) is 2.42. The third-order valence-electron chi connectivity index (χ3n) is 3.70. The van der Waals surface area contributed by atoms with Crippen molar-refractivity contribution in [1.82, 2.24) is 4.98 Å². The summed E-state index contributed by atoms with van der Waals surface area (Å²) < 4.78 is 0. The van der Waals surface area contributed by atoms with E-state index < -0.39 is 0 Å². The van der Waals surface area contributed by atoms with E-state index >= 15 is 0 Å². The summed E-state index contributed by atoms with van der Waals surface area (Å²) in [5.74, 6) is 0.458. The Morgan fingerprint density at radius 3 is 2.21 bits per heavy atom. The molecule has 1 aromatic heterocycles. The van der Waals surface area contributed by atoms with Gasteiger partial charge in [-0.15, -0.1) is 0 Å². The molecule has 0 fully saturated rings. The SMILES string of the molecule is CCN(CC)c1nc(-c2ccc(Cl)c(Cl)c2)c(C#N)c(N)c1C#N. The van der Waals surface area contributed by atoms with Gasteiger partial charge in [0, 0.05) is 18.7 Å². The van der Waals surface area contributed by atoms with Gasteiger partial charge in [-0.3, -0.25) is 0 Å². The van der Waals surface area contributed by atoms with Crippen LogP contribution in [0.25, 0.3) is 11.3 Å². The van der Waals surface area contributed by atoms with Gasteiger partial charge in [-0.05, 0) is 26.0 Å². The van der Waals surface area contributed by atoms with Crippen LogP contribution in [0.3, 0.4) is 0 Å². The van der Waals surface area contributed by atoms with Gasteiger partial charge >= 0.3 is 0 Å². The lowest BCUT2D eigenvalue weighted by Gasteiger charge is -2.23. The van der Waals surface area contributed by atoms with E-state index in [2.05, 4.69) is 11.1 Å². The highest BCUT2D eigenvalue weighted by Gasteiger charge is 2.22. The molecule has 0 spiro atoms. The van der Waals surface area contributed by atoms with E-state index in [9.17, 15) is 10.5 Å². The highest BCUT2D eigenvalue weighted by atomic mass is 35.5. The topological polar surface area (TPSA) is 89.7 Å². The highest BCUT2D eigenvalue weighted by molar-refractivity contribution is 6.42. The first-order valence-corrected chi connectivity index (χ1v) is 8.08. The Labute approximate surface area is 150 Å². The van der Waals surface area contributed by atoms with Crippen LogP contribution in [-0.4, -0.2) is 18.1 Å². The summed E-state index contributed by atoms with van der Waals surface area (Å²) in [6.07, 6.45) is 0. The number of pyridine rings is 1. The van der Waals surface area contributed by atoms with Crippen molar-refractivity contribution in [2.75, 3.05) is 23.7 Å². The van der Waals surface area contributed by atoms with Gasteiger partial charge in [-0.2, -0.15) is 10.5 Å². The van der Waals surface area contributed by atoms with Crippen LogP contribution < -0.4 is 10.6 Å². The lowest BCUT2D eigenvalue weighted by atomic mass is 10.0. The minimum Gasteiger partial charge on any atom is -0.396 e. The number of nitrogens with two attached hydrogens (primary N) is 1. The molecular weight excluding hydrogens is 345 g/mol. The molecule has 0 bridgehead atoms. The molecule has 0 aliphatic rings. The Balaban J connectivity index is 2.82. The van der Waals surface area contributed by atoms with Gasteiger partial charge in [-0.25, -0.2) is 4.98 Å². The Kier molecular flexibility index (Phi) is 5.51. The lowest BCUT2D eigenvalue weighted by molar-refractivity contribution is 0.845. The molecule has 0 atom stereocenters. The summed E-state index contributed by atoms with van der Waals surface area (Å²) in [5, 5.41) is 19.7. The molecule has 7 heteroatoms. The summed E-state index contributed by atoms with van der Waals surface area (Å²) in [5.41, 5.74) is 7.57. The van der Waals surface area contributed by atoms with Gasteiger partial charge in [0.05, 0.1) is 21.4 Å². The number of benzene rings is 1. The summed E-state index contributed by atoms with van der Waals surface area (Å²) >= 11 is 12.0. The summed E-state index contributed by atoms with van der Waals surface area (Å²) in [6.45, 7) is 5.23. The molecule has 0 amide bonds. The van der Waals surface area contributed by atoms with Crippen LogP contribution in [0.5, 0.6) is 0 Å². The molecule has 0 aliphatic carbocycles. The molecule has 2 N–H and O–H groups in total. The number of nitriles is 2. The smallest absolute Gasteiger partial charge is 0.149 e. The lowest BCUT2D eigenvalue weighted by Crippen LogP contribution is -2.25. The summed E-state index contributed by atoms with van der Waals surface area (Å²) in [6, 6.07) is 9.08. The van der Waals surface area contributed by atoms with Crippen molar-refractivity contribution in [1.29, 1.82) is 10.5 Å². The zero-order valence-corrected chi connectivity index (χ0v) is 14.8. The van der Waals surface area contributed by atoms with Crippen molar-refractivity contribution in [2.24, 2.45) is 0 Å². The van der Waals surface area contributed by atoms with E-state index in [0.29, 0.717) is 40.2 Å². The van der Waals surface area contributed by atoms with E-state index in [0.717, 1.165) is 0 Å². The predicted octanol–water partition coefficient (Wildman–Crippen LogP) is 4.23. The van der Waals surface area contributed by atoms with E-state index in [1.54, 1.807) is 18.2 Å². The highest BCUT2D eigenvalue weighted by Crippen LogP contribution is 2.35. The minimum atomic E-state index is 0.123. The molecule has 0 radical (unpaired) electrons. The molecule has 1 aromatic carbocycles. The van der Waals surface area contributed by atoms with Crippen LogP contribution in [0, 0.1) is 22.7 Å². The third-order valence-corrected chi connectivity index (χ3v) is 4.44. The Hall–Kier alpha value is -2.47. The maximum Gasteiger partial charge on any atom is 0.149 e. The van der Waals surface area contributed by atoms with Crippen molar-refractivity contribution in [2.45, 2.75) is 13.8 Å². The number of hydrogen-bond donors (Lipinski definition) is 1. The van der Waals surface area contributed by atoms with E-state index in [1.807, 2.05) is 24.8 Å². The average Bonchev–Trinajstić information content (AvgIpc) is 2.58. The monoisotopic (exact) mass is 359 g/mol. The maximum absolute atomic E-state index is 9.50. The van der Waals surface area contributed by atoms with Gasteiger partial charge in [0.25, 0.3) is 0 Å². The van der Waals surface area contributed by atoms with Crippen LogP contribution in [0.1, 0.15) is 25.0 Å². The molecule has 0 saturated carbocycles. The van der Waals surface area contributed by atoms with Crippen LogP contribution in [0.2, 0.25) is 10.0 Å². The second-order valence-corrected chi connectivity index (χ2v) is 5.79. The fourth-order valence-corrected chi connectivity index (χ4v) is 2.72. The number of aromatic nitrogens is 1. The second kappa shape index (κ2) is 7.40. The van der Waals surface area contributed by atoms with Crippen molar-refractivity contribution < 1.29 is 0 Å². The Bertz CT molecular complexity index is 861. The summed E-state index contributed by atoms with van der Waals surface area (Å²) in [7, 11) is 0. The zero-order valence-electron chi connectivity index (χ0n) is 13.3. The maximum atomic E-state index is 9.50. The van der Waals surface area contributed by atoms with Crippen molar-refractivity contribution >= 4 is 34.7 Å². The number of hydrogen-bond acceptors (Lipinski definition) is 5.